The SMILES string of the molecule is C[C@H](C(=O)N[C@H]1CC[C@H](NC(=O)Cc2ccccc2)CC1)c1ccccc1. The predicted molar refractivity (Wildman–Crippen MR) is 107 cm³/mol. The molecule has 4 heteroatoms. The molecule has 0 bridgehead atoms. The molecule has 0 aliphatic heterocycles. The Morgan fingerprint density at radius 2 is 1.37 bits per heavy atom. The fourth-order valence-corrected chi connectivity index (χ4v) is 3.66. The maximum absolute atomic E-state index is 12.5. The van der Waals surface area contributed by atoms with E-state index in [1.165, 1.54) is 0 Å². The molecule has 0 spiro atoms. The monoisotopic (exact) mass is 364 g/mol. The van der Waals surface area contributed by atoms with Crippen LogP contribution < -0.4 is 10.6 Å². The van der Waals surface area contributed by atoms with E-state index in [9.17, 15) is 9.59 Å². The number of hydrogen-bond donors (Lipinski definition) is 2. The van der Waals surface area contributed by atoms with Gasteiger partial charge >= 0.3 is 0 Å². The fraction of sp³-hybridized carbons (Fsp3) is 0.391. The Bertz CT molecular complexity index is 737. The molecule has 1 atom stereocenters. The van der Waals surface area contributed by atoms with Crippen molar-refractivity contribution in [2.45, 2.75) is 57.0 Å². The molecule has 2 amide bonds. The summed E-state index contributed by atoms with van der Waals surface area (Å²) in [5, 5.41) is 6.32. The van der Waals surface area contributed by atoms with Gasteiger partial charge in [-0.25, -0.2) is 0 Å². The molecule has 0 heterocycles. The number of amides is 2. The molecule has 1 fully saturated rings. The summed E-state index contributed by atoms with van der Waals surface area (Å²) in [6.07, 6.45) is 4.05. The minimum Gasteiger partial charge on any atom is -0.353 e. The summed E-state index contributed by atoms with van der Waals surface area (Å²) >= 11 is 0. The summed E-state index contributed by atoms with van der Waals surface area (Å²) in [5.41, 5.74) is 2.07. The number of carbonyl (C=O) groups is 2. The molecule has 4 nitrogen and oxygen atoms in total. The van der Waals surface area contributed by atoms with Crippen molar-refractivity contribution in [2.24, 2.45) is 0 Å². The van der Waals surface area contributed by atoms with E-state index in [2.05, 4.69) is 10.6 Å². The Kier molecular flexibility index (Phi) is 6.64. The van der Waals surface area contributed by atoms with E-state index in [1.54, 1.807) is 0 Å². The highest BCUT2D eigenvalue weighted by Gasteiger charge is 2.25. The van der Waals surface area contributed by atoms with Gasteiger partial charge in [0.25, 0.3) is 0 Å². The topological polar surface area (TPSA) is 58.2 Å². The van der Waals surface area contributed by atoms with E-state index in [1.807, 2.05) is 67.6 Å². The van der Waals surface area contributed by atoms with Crippen molar-refractivity contribution < 1.29 is 9.59 Å². The summed E-state index contributed by atoms with van der Waals surface area (Å²) in [5.74, 6) is 0.0126. The van der Waals surface area contributed by atoms with Gasteiger partial charge in [0.1, 0.15) is 0 Å². The van der Waals surface area contributed by atoms with Crippen LogP contribution in [0.5, 0.6) is 0 Å². The first-order chi connectivity index (χ1) is 13.1. The third-order valence-electron chi connectivity index (χ3n) is 5.34. The molecule has 2 aromatic carbocycles. The van der Waals surface area contributed by atoms with Crippen LogP contribution in [0.25, 0.3) is 0 Å². The van der Waals surface area contributed by atoms with E-state index >= 15 is 0 Å². The first kappa shape index (κ1) is 19.2. The molecule has 1 saturated carbocycles. The lowest BCUT2D eigenvalue weighted by Gasteiger charge is -2.30. The molecule has 27 heavy (non-hydrogen) atoms. The quantitative estimate of drug-likeness (QED) is 0.823. The molecule has 2 N–H and O–H groups in total. The van der Waals surface area contributed by atoms with Crippen LogP contribution in [0.15, 0.2) is 60.7 Å². The molecular weight excluding hydrogens is 336 g/mol. The second kappa shape index (κ2) is 9.36. The second-order valence-electron chi connectivity index (χ2n) is 7.42. The van der Waals surface area contributed by atoms with Crippen molar-refractivity contribution in [3.05, 3.63) is 71.8 Å². The van der Waals surface area contributed by atoms with Crippen LogP contribution in [0.1, 0.15) is 49.7 Å². The van der Waals surface area contributed by atoms with Crippen LogP contribution in [0.2, 0.25) is 0 Å². The molecule has 3 rings (SSSR count). The smallest absolute Gasteiger partial charge is 0.227 e. The molecule has 142 valence electrons. The third kappa shape index (κ3) is 5.68. The number of benzene rings is 2. The first-order valence-electron chi connectivity index (χ1n) is 9.80. The lowest BCUT2D eigenvalue weighted by molar-refractivity contribution is -0.124. The van der Waals surface area contributed by atoms with Gasteiger partial charge in [0.2, 0.25) is 11.8 Å². The largest absolute Gasteiger partial charge is 0.353 e. The molecule has 0 unspecified atom stereocenters. The fourth-order valence-electron chi connectivity index (χ4n) is 3.66. The standard InChI is InChI=1S/C23H28N2O2/c1-17(19-10-6-3-7-11-19)23(27)25-21-14-12-20(13-15-21)24-22(26)16-18-8-4-2-5-9-18/h2-11,17,20-21H,12-16H2,1H3,(H,24,26)(H,25,27)/t17-,20-,21-/m0/s1. The Balaban J connectivity index is 1.41. The van der Waals surface area contributed by atoms with E-state index in [0.717, 1.165) is 36.8 Å². The van der Waals surface area contributed by atoms with Crippen LogP contribution in [-0.4, -0.2) is 23.9 Å². The molecule has 1 aliphatic carbocycles. The van der Waals surface area contributed by atoms with Gasteiger partial charge < -0.3 is 10.6 Å². The van der Waals surface area contributed by atoms with E-state index in [-0.39, 0.29) is 29.8 Å². The van der Waals surface area contributed by atoms with Crippen molar-refractivity contribution in [2.75, 3.05) is 0 Å². The lowest BCUT2D eigenvalue weighted by Crippen LogP contribution is -2.45. The number of rotatable bonds is 6. The van der Waals surface area contributed by atoms with Gasteiger partial charge in [-0.15, -0.1) is 0 Å². The van der Waals surface area contributed by atoms with Crippen molar-refractivity contribution in [3.8, 4) is 0 Å². The van der Waals surface area contributed by atoms with Crippen molar-refractivity contribution in [1.29, 1.82) is 0 Å². The zero-order valence-corrected chi connectivity index (χ0v) is 15.9. The summed E-state index contributed by atoms with van der Waals surface area (Å²) < 4.78 is 0. The van der Waals surface area contributed by atoms with E-state index in [4.69, 9.17) is 0 Å². The normalized spacial score (nSPS) is 20.5. The molecule has 0 radical (unpaired) electrons. The van der Waals surface area contributed by atoms with Crippen LogP contribution in [0, 0.1) is 0 Å². The highest BCUT2D eigenvalue weighted by Crippen LogP contribution is 2.21. The Morgan fingerprint density at radius 3 is 1.96 bits per heavy atom. The van der Waals surface area contributed by atoms with Gasteiger partial charge in [-0.05, 0) is 43.7 Å². The van der Waals surface area contributed by atoms with Gasteiger partial charge in [-0.3, -0.25) is 9.59 Å². The Morgan fingerprint density at radius 1 is 0.852 bits per heavy atom. The van der Waals surface area contributed by atoms with Gasteiger partial charge in [-0.1, -0.05) is 60.7 Å². The van der Waals surface area contributed by atoms with Crippen LogP contribution >= 0.6 is 0 Å². The van der Waals surface area contributed by atoms with Gasteiger partial charge in [0.15, 0.2) is 0 Å². The molecule has 1 aliphatic rings. The van der Waals surface area contributed by atoms with Crippen LogP contribution in [-0.2, 0) is 16.0 Å². The zero-order chi connectivity index (χ0) is 19.1. The Hall–Kier alpha value is -2.62. The average Bonchev–Trinajstić information content (AvgIpc) is 2.70. The van der Waals surface area contributed by atoms with Crippen LogP contribution in [0.4, 0.5) is 0 Å². The van der Waals surface area contributed by atoms with Crippen LogP contribution in [0.3, 0.4) is 0 Å². The van der Waals surface area contributed by atoms with E-state index in [0.29, 0.717) is 6.42 Å². The molecule has 0 aromatic heterocycles. The highest BCUT2D eigenvalue weighted by atomic mass is 16.2. The van der Waals surface area contributed by atoms with Gasteiger partial charge in [-0.2, -0.15) is 0 Å². The van der Waals surface area contributed by atoms with Gasteiger partial charge in [0, 0.05) is 12.1 Å². The lowest BCUT2D eigenvalue weighted by atomic mass is 9.90. The molecule has 2 aromatic rings. The third-order valence-corrected chi connectivity index (χ3v) is 5.34. The molecular formula is C23H28N2O2. The van der Waals surface area contributed by atoms with Gasteiger partial charge in [0.05, 0.1) is 12.3 Å². The first-order valence-corrected chi connectivity index (χ1v) is 9.80. The average molecular weight is 364 g/mol. The van der Waals surface area contributed by atoms with E-state index < -0.39 is 0 Å². The summed E-state index contributed by atoms with van der Waals surface area (Å²) in [6, 6.07) is 20.1. The van der Waals surface area contributed by atoms with Crippen molar-refractivity contribution in [3.63, 3.8) is 0 Å². The maximum atomic E-state index is 12.5. The summed E-state index contributed by atoms with van der Waals surface area (Å²) in [7, 11) is 0. The maximum Gasteiger partial charge on any atom is 0.227 e. The number of hydrogen-bond acceptors (Lipinski definition) is 2. The second-order valence-corrected chi connectivity index (χ2v) is 7.42. The zero-order valence-electron chi connectivity index (χ0n) is 15.9. The number of carbonyl (C=O) groups excluding carboxylic acids is 2. The molecule has 0 saturated heterocycles. The predicted octanol–water partition coefficient (Wildman–Crippen LogP) is 3.58. The minimum atomic E-state index is -0.144. The Labute approximate surface area is 161 Å². The minimum absolute atomic E-state index is 0.0754. The van der Waals surface area contributed by atoms with Crippen molar-refractivity contribution >= 4 is 11.8 Å². The summed E-state index contributed by atoms with van der Waals surface area (Å²) in [6.45, 7) is 1.94. The number of nitrogens with one attached hydrogen (secondary N) is 2. The highest BCUT2D eigenvalue weighted by molar-refractivity contribution is 5.83. The van der Waals surface area contributed by atoms with Crippen molar-refractivity contribution in [1.82, 2.24) is 10.6 Å². The summed E-state index contributed by atoms with van der Waals surface area (Å²) in [4.78, 5) is 24.7.